The van der Waals surface area contributed by atoms with Crippen molar-refractivity contribution in [2.75, 3.05) is 7.05 Å². The van der Waals surface area contributed by atoms with Crippen molar-refractivity contribution in [3.8, 4) is 0 Å². The molecule has 0 heterocycles. The highest BCUT2D eigenvalue weighted by Crippen LogP contribution is 2.25. The van der Waals surface area contributed by atoms with E-state index in [4.69, 9.17) is 11.6 Å². The van der Waals surface area contributed by atoms with E-state index in [2.05, 4.69) is 15.9 Å². The highest BCUT2D eigenvalue weighted by molar-refractivity contribution is 9.10. The van der Waals surface area contributed by atoms with Gasteiger partial charge in [0, 0.05) is 35.4 Å². The summed E-state index contributed by atoms with van der Waals surface area (Å²) in [5, 5.41) is 0.541. The van der Waals surface area contributed by atoms with Gasteiger partial charge in [-0.2, -0.15) is 0 Å². The molecule has 0 atom stereocenters. The molecule has 2 rings (SSSR count). The van der Waals surface area contributed by atoms with Crippen LogP contribution in [-0.4, -0.2) is 29.7 Å². The zero-order valence-electron chi connectivity index (χ0n) is 10.7. The predicted molar refractivity (Wildman–Crippen MR) is 78.5 cm³/mol. The van der Waals surface area contributed by atoms with Crippen LogP contribution in [0.3, 0.4) is 0 Å². The monoisotopic (exact) mass is 343 g/mol. The first-order chi connectivity index (χ1) is 8.99. The van der Waals surface area contributed by atoms with Crippen molar-refractivity contribution >= 4 is 39.2 Å². The van der Waals surface area contributed by atoms with Crippen LogP contribution in [0.25, 0.3) is 0 Å². The van der Waals surface area contributed by atoms with Crippen molar-refractivity contribution in [3.05, 3.63) is 33.3 Å². The van der Waals surface area contributed by atoms with Gasteiger partial charge in [-0.1, -0.05) is 11.6 Å². The van der Waals surface area contributed by atoms with Gasteiger partial charge in [-0.25, -0.2) is 0 Å². The summed E-state index contributed by atoms with van der Waals surface area (Å²) in [5.41, 5.74) is 0.562. The van der Waals surface area contributed by atoms with Crippen LogP contribution >= 0.6 is 27.5 Å². The predicted octanol–water partition coefficient (Wildman–Crippen LogP) is 3.69. The zero-order valence-corrected chi connectivity index (χ0v) is 13.0. The average molecular weight is 345 g/mol. The summed E-state index contributed by atoms with van der Waals surface area (Å²) in [6.45, 7) is 0. The summed E-state index contributed by atoms with van der Waals surface area (Å²) in [6, 6.07) is 5.31. The van der Waals surface area contributed by atoms with Gasteiger partial charge in [-0.05, 0) is 47.0 Å². The van der Waals surface area contributed by atoms with Gasteiger partial charge in [0.05, 0.1) is 5.56 Å². The molecule has 1 aliphatic carbocycles. The van der Waals surface area contributed by atoms with Crippen LogP contribution in [0, 0.1) is 0 Å². The molecule has 0 bridgehead atoms. The number of carbonyl (C=O) groups excluding carboxylic acids is 2. The molecule has 1 aliphatic rings. The second-order valence-electron chi connectivity index (χ2n) is 4.81. The number of halogens is 2. The third-order valence-electron chi connectivity index (χ3n) is 3.54. The fourth-order valence-electron chi connectivity index (χ4n) is 2.33. The van der Waals surface area contributed by atoms with Crippen LogP contribution in [-0.2, 0) is 4.79 Å². The van der Waals surface area contributed by atoms with Crippen molar-refractivity contribution in [2.24, 2.45) is 0 Å². The Kier molecular flexibility index (Phi) is 4.63. The molecule has 0 N–H and O–H groups in total. The first-order valence-electron chi connectivity index (χ1n) is 6.23. The Morgan fingerprint density at radius 2 is 2.00 bits per heavy atom. The molecule has 1 fully saturated rings. The number of ketones is 1. The Labute approximate surface area is 126 Å². The highest BCUT2D eigenvalue weighted by Gasteiger charge is 2.26. The summed E-state index contributed by atoms with van der Waals surface area (Å²) in [6.07, 6.45) is 2.64. The smallest absolute Gasteiger partial charge is 0.255 e. The van der Waals surface area contributed by atoms with Crippen molar-refractivity contribution in [2.45, 2.75) is 31.7 Å². The molecule has 3 nitrogen and oxygen atoms in total. The van der Waals surface area contributed by atoms with Gasteiger partial charge in [0.15, 0.2) is 0 Å². The molecule has 1 aromatic rings. The number of amides is 1. The lowest BCUT2D eigenvalue weighted by atomic mass is 9.93. The van der Waals surface area contributed by atoms with E-state index < -0.39 is 0 Å². The molecule has 19 heavy (non-hydrogen) atoms. The van der Waals surface area contributed by atoms with Crippen molar-refractivity contribution < 1.29 is 9.59 Å². The maximum Gasteiger partial charge on any atom is 0.255 e. The number of nitrogens with zero attached hydrogens (tertiary/aromatic N) is 1. The summed E-state index contributed by atoms with van der Waals surface area (Å²) < 4.78 is 0.737. The third kappa shape index (κ3) is 3.37. The Morgan fingerprint density at radius 3 is 2.63 bits per heavy atom. The molecule has 1 amide bonds. The second kappa shape index (κ2) is 6.06. The molecular weight excluding hydrogens is 330 g/mol. The van der Waals surface area contributed by atoms with E-state index in [9.17, 15) is 9.59 Å². The molecule has 0 saturated heterocycles. The molecule has 5 heteroatoms. The maximum absolute atomic E-state index is 12.5. The summed E-state index contributed by atoms with van der Waals surface area (Å²) in [7, 11) is 1.79. The summed E-state index contributed by atoms with van der Waals surface area (Å²) >= 11 is 9.31. The van der Waals surface area contributed by atoms with E-state index >= 15 is 0 Å². The third-order valence-corrected chi connectivity index (χ3v) is 4.47. The van der Waals surface area contributed by atoms with Crippen LogP contribution in [0.15, 0.2) is 22.7 Å². The van der Waals surface area contributed by atoms with Gasteiger partial charge in [0.2, 0.25) is 0 Å². The van der Waals surface area contributed by atoms with Crippen molar-refractivity contribution in [1.29, 1.82) is 0 Å². The Bertz CT molecular complexity index is 508. The molecule has 1 aromatic carbocycles. The van der Waals surface area contributed by atoms with Gasteiger partial charge in [0.1, 0.15) is 5.78 Å². The lowest BCUT2D eigenvalue weighted by molar-refractivity contribution is -0.121. The minimum atomic E-state index is -0.0614. The quantitative estimate of drug-likeness (QED) is 0.820. The van der Waals surface area contributed by atoms with E-state index in [-0.39, 0.29) is 11.9 Å². The Hall–Kier alpha value is -0.870. The van der Waals surface area contributed by atoms with E-state index in [1.807, 2.05) is 0 Å². The van der Waals surface area contributed by atoms with Crippen LogP contribution in [0.4, 0.5) is 0 Å². The average Bonchev–Trinajstić information content (AvgIpc) is 2.41. The first kappa shape index (κ1) is 14.5. The molecular formula is C14H15BrClNO2. The summed E-state index contributed by atoms with van der Waals surface area (Å²) in [4.78, 5) is 25.4. The normalized spacial score (nSPS) is 16.5. The standard InChI is InChI=1S/C14H15BrClNO2/c1-17(10-3-5-11(18)6-4-10)14(19)12-8-9(16)2-7-13(12)15/h2,7-8,10H,3-6H2,1H3. The van der Waals surface area contributed by atoms with Gasteiger partial charge in [-0.15, -0.1) is 0 Å². The first-order valence-corrected chi connectivity index (χ1v) is 7.40. The minimum Gasteiger partial charge on any atom is -0.339 e. The SMILES string of the molecule is CN(C(=O)c1cc(Cl)ccc1Br)C1CCC(=O)CC1. The molecule has 102 valence electrons. The number of hydrogen-bond acceptors (Lipinski definition) is 2. The van der Waals surface area contributed by atoms with E-state index in [0.29, 0.717) is 29.2 Å². The van der Waals surface area contributed by atoms with Gasteiger partial charge in [-0.3, -0.25) is 9.59 Å². The molecule has 0 radical (unpaired) electrons. The van der Waals surface area contributed by atoms with Crippen molar-refractivity contribution in [3.63, 3.8) is 0 Å². The number of hydrogen-bond donors (Lipinski definition) is 0. The van der Waals surface area contributed by atoms with Crippen LogP contribution < -0.4 is 0 Å². The lowest BCUT2D eigenvalue weighted by Crippen LogP contribution is -2.39. The Morgan fingerprint density at radius 1 is 1.37 bits per heavy atom. The van der Waals surface area contributed by atoms with E-state index in [1.165, 1.54) is 0 Å². The van der Waals surface area contributed by atoms with Gasteiger partial charge < -0.3 is 4.90 Å². The fraction of sp³-hybridized carbons (Fsp3) is 0.429. The summed E-state index contributed by atoms with van der Waals surface area (Å²) in [5.74, 6) is 0.231. The number of benzene rings is 1. The van der Waals surface area contributed by atoms with Gasteiger partial charge in [0.25, 0.3) is 5.91 Å². The largest absolute Gasteiger partial charge is 0.339 e. The van der Waals surface area contributed by atoms with E-state index in [1.54, 1.807) is 30.1 Å². The number of rotatable bonds is 2. The fourth-order valence-corrected chi connectivity index (χ4v) is 2.92. The number of carbonyl (C=O) groups is 2. The van der Waals surface area contributed by atoms with Crippen LogP contribution in [0.5, 0.6) is 0 Å². The molecule has 0 aromatic heterocycles. The van der Waals surface area contributed by atoms with Crippen molar-refractivity contribution in [1.82, 2.24) is 4.90 Å². The lowest BCUT2D eigenvalue weighted by Gasteiger charge is -2.31. The number of Topliss-reactive ketones (excluding diaryl/α,β-unsaturated/α-hetero) is 1. The van der Waals surface area contributed by atoms with Crippen LogP contribution in [0.1, 0.15) is 36.0 Å². The van der Waals surface area contributed by atoms with E-state index in [0.717, 1.165) is 17.3 Å². The second-order valence-corrected chi connectivity index (χ2v) is 6.10. The van der Waals surface area contributed by atoms with Crippen LogP contribution in [0.2, 0.25) is 5.02 Å². The molecule has 0 aliphatic heterocycles. The maximum atomic E-state index is 12.5. The topological polar surface area (TPSA) is 37.4 Å². The molecule has 0 unspecified atom stereocenters. The molecule has 1 saturated carbocycles. The zero-order chi connectivity index (χ0) is 14.0. The van der Waals surface area contributed by atoms with Gasteiger partial charge >= 0.3 is 0 Å². The molecule has 0 spiro atoms. The highest BCUT2D eigenvalue weighted by atomic mass is 79.9. The Balaban J connectivity index is 2.14. The minimum absolute atomic E-state index is 0.0614.